The average Bonchev–Trinajstić information content (AvgIpc) is 2.22. The second-order valence-electron chi connectivity index (χ2n) is 2.29. The van der Waals surface area contributed by atoms with Crippen molar-refractivity contribution in [3.63, 3.8) is 0 Å². The molecule has 5 heteroatoms. The molecule has 3 nitrogen and oxygen atoms in total. The van der Waals surface area contributed by atoms with E-state index in [9.17, 15) is 4.79 Å². The van der Waals surface area contributed by atoms with Crippen LogP contribution in [0.3, 0.4) is 0 Å². The van der Waals surface area contributed by atoms with Gasteiger partial charge in [-0.1, -0.05) is 58.0 Å². The molecule has 0 aromatic heterocycles. The predicted molar refractivity (Wildman–Crippen MR) is 81.4 cm³/mol. The van der Waals surface area contributed by atoms with Gasteiger partial charge in [-0.25, -0.2) is 0 Å². The largest absolute Gasteiger partial charge is 0.452 e. The zero-order valence-electron chi connectivity index (χ0n) is 9.22. The van der Waals surface area contributed by atoms with Crippen molar-refractivity contribution in [3.8, 4) is 23.7 Å². The number of carbonyl (C=O) groups is 1. The SMILES string of the molecule is CC(I)I.CCC(=O)OCC#CC#CCO. The monoisotopic (exact) mass is 448 g/mol. The number of hydrogen-bond acceptors (Lipinski definition) is 3. The van der Waals surface area contributed by atoms with Gasteiger partial charge in [0.1, 0.15) is 6.61 Å². The Morgan fingerprint density at radius 3 is 2.31 bits per heavy atom. The van der Waals surface area contributed by atoms with Crippen LogP contribution < -0.4 is 0 Å². The molecule has 0 saturated heterocycles. The highest BCUT2D eigenvalue weighted by Crippen LogP contribution is 2.05. The molecule has 90 valence electrons. The van der Waals surface area contributed by atoms with Crippen LogP contribution in [0.2, 0.25) is 0 Å². The lowest BCUT2D eigenvalue weighted by Crippen LogP contribution is -2.01. The van der Waals surface area contributed by atoms with Crippen molar-refractivity contribution < 1.29 is 14.6 Å². The highest BCUT2D eigenvalue weighted by molar-refractivity contribution is 14.2. The zero-order valence-corrected chi connectivity index (χ0v) is 13.5. The Morgan fingerprint density at radius 1 is 1.38 bits per heavy atom. The van der Waals surface area contributed by atoms with E-state index < -0.39 is 0 Å². The molecule has 0 bridgehead atoms. The number of aliphatic hydroxyl groups is 1. The number of aliphatic hydroxyl groups excluding tert-OH is 1. The van der Waals surface area contributed by atoms with Gasteiger partial charge in [0.05, 0.1) is 1.93 Å². The van der Waals surface area contributed by atoms with Crippen LogP contribution in [-0.4, -0.2) is 26.2 Å². The van der Waals surface area contributed by atoms with Crippen molar-refractivity contribution in [2.75, 3.05) is 13.2 Å². The van der Waals surface area contributed by atoms with Crippen molar-refractivity contribution >= 4 is 51.2 Å². The van der Waals surface area contributed by atoms with Gasteiger partial charge in [-0.05, 0) is 24.7 Å². The van der Waals surface area contributed by atoms with E-state index in [-0.39, 0.29) is 19.2 Å². The van der Waals surface area contributed by atoms with Crippen LogP contribution in [0.1, 0.15) is 20.3 Å². The number of carbonyl (C=O) groups excluding carboxylic acids is 1. The molecule has 0 rings (SSSR count). The number of halogens is 2. The third-order valence-corrected chi connectivity index (χ3v) is 0.912. The topological polar surface area (TPSA) is 46.5 Å². The summed E-state index contributed by atoms with van der Waals surface area (Å²) in [5.74, 6) is 9.36. The van der Waals surface area contributed by atoms with E-state index in [0.29, 0.717) is 6.42 Å². The second kappa shape index (κ2) is 15.0. The molecule has 0 saturated carbocycles. The smallest absolute Gasteiger partial charge is 0.306 e. The second-order valence-corrected chi connectivity index (χ2v) is 8.42. The van der Waals surface area contributed by atoms with E-state index in [4.69, 9.17) is 5.11 Å². The Kier molecular flexibility index (Phi) is 17.2. The summed E-state index contributed by atoms with van der Waals surface area (Å²) in [6, 6.07) is 0. The number of alkyl halides is 2. The van der Waals surface area contributed by atoms with Crippen LogP contribution in [0.15, 0.2) is 0 Å². The Bertz CT molecular complexity index is 289. The van der Waals surface area contributed by atoms with Crippen molar-refractivity contribution in [1.82, 2.24) is 0 Å². The van der Waals surface area contributed by atoms with Crippen LogP contribution in [-0.2, 0) is 9.53 Å². The van der Waals surface area contributed by atoms with Gasteiger partial charge < -0.3 is 9.84 Å². The van der Waals surface area contributed by atoms with Gasteiger partial charge in [-0.2, -0.15) is 0 Å². The van der Waals surface area contributed by atoms with Gasteiger partial charge >= 0.3 is 5.97 Å². The van der Waals surface area contributed by atoms with Crippen molar-refractivity contribution in [2.45, 2.75) is 22.2 Å². The number of esters is 1. The fourth-order valence-corrected chi connectivity index (χ4v) is 0.383. The summed E-state index contributed by atoms with van der Waals surface area (Å²) in [5, 5.41) is 8.22. The van der Waals surface area contributed by atoms with E-state index in [0.717, 1.165) is 1.93 Å². The molecule has 0 spiro atoms. The maximum atomic E-state index is 10.5. The van der Waals surface area contributed by atoms with E-state index in [1.807, 2.05) is 0 Å². The van der Waals surface area contributed by atoms with E-state index in [1.165, 1.54) is 0 Å². The first kappa shape index (κ1) is 18.4. The first-order valence-corrected chi connectivity index (χ1v) is 7.04. The average molecular weight is 448 g/mol. The van der Waals surface area contributed by atoms with Crippen molar-refractivity contribution in [3.05, 3.63) is 0 Å². The summed E-state index contributed by atoms with van der Waals surface area (Å²) in [4.78, 5) is 10.5. The Balaban J connectivity index is 0. The number of hydrogen-bond donors (Lipinski definition) is 1. The quantitative estimate of drug-likeness (QED) is 0.305. The standard InChI is InChI=1S/C9H10O3.C2H4I2/c1-2-9(11)12-8-6-4-3-5-7-10;1-2(3)4/h10H,2,7-8H2,1H3;2H,1H3. The highest BCUT2D eigenvalue weighted by atomic mass is 127. The van der Waals surface area contributed by atoms with Crippen molar-refractivity contribution in [2.24, 2.45) is 0 Å². The van der Waals surface area contributed by atoms with Crippen LogP contribution in [0.5, 0.6) is 0 Å². The van der Waals surface area contributed by atoms with E-state index in [1.54, 1.807) is 6.92 Å². The molecular weight excluding hydrogens is 434 g/mol. The fourth-order valence-electron chi connectivity index (χ4n) is 0.383. The predicted octanol–water partition coefficient (Wildman–Crippen LogP) is 2.14. The molecule has 16 heavy (non-hydrogen) atoms. The normalized spacial score (nSPS) is 7.62. The summed E-state index contributed by atoms with van der Waals surface area (Å²) in [5.41, 5.74) is 0. The summed E-state index contributed by atoms with van der Waals surface area (Å²) >= 11 is 4.66. The maximum absolute atomic E-state index is 10.5. The summed E-state index contributed by atoms with van der Waals surface area (Å²) < 4.78 is 5.40. The molecular formula is C11H14I2O3. The highest BCUT2D eigenvalue weighted by Gasteiger charge is 1.92. The van der Waals surface area contributed by atoms with Gasteiger partial charge in [0.15, 0.2) is 6.61 Å². The maximum Gasteiger partial charge on any atom is 0.306 e. The minimum atomic E-state index is -0.278. The van der Waals surface area contributed by atoms with Crippen LogP contribution in [0.4, 0.5) is 0 Å². The zero-order chi connectivity index (χ0) is 12.8. The minimum Gasteiger partial charge on any atom is -0.452 e. The summed E-state index contributed by atoms with van der Waals surface area (Å²) in [6.07, 6.45) is 0.351. The van der Waals surface area contributed by atoms with Gasteiger partial charge in [-0.15, -0.1) is 0 Å². The molecule has 0 aromatic carbocycles. The van der Waals surface area contributed by atoms with Gasteiger partial charge in [0.25, 0.3) is 0 Å². The van der Waals surface area contributed by atoms with Crippen LogP contribution in [0, 0.1) is 23.7 Å². The Morgan fingerprint density at radius 2 is 1.88 bits per heavy atom. The molecule has 0 radical (unpaired) electrons. The number of ether oxygens (including phenoxy) is 1. The first-order chi connectivity index (χ1) is 7.54. The first-order valence-electron chi connectivity index (χ1n) is 4.54. The lowest BCUT2D eigenvalue weighted by molar-refractivity contribution is -0.141. The van der Waals surface area contributed by atoms with E-state index in [2.05, 4.69) is 80.5 Å². The lowest BCUT2D eigenvalue weighted by atomic mass is 10.5. The Labute approximate surface area is 124 Å². The fraction of sp³-hybridized carbons (Fsp3) is 0.545. The molecule has 0 atom stereocenters. The molecule has 0 aliphatic rings. The molecule has 1 N–H and O–H groups in total. The molecule has 0 aliphatic heterocycles. The minimum absolute atomic E-state index is 0.0623. The number of rotatable bonds is 2. The van der Waals surface area contributed by atoms with Gasteiger partial charge in [-0.3, -0.25) is 4.79 Å². The summed E-state index contributed by atoms with van der Waals surface area (Å²) in [7, 11) is 0. The molecule has 0 aromatic rings. The summed E-state index contributed by atoms with van der Waals surface area (Å²) in [6.45, 7) is 3.71. The van der Waals surface area contributed by atoms with Crippen LogP contribution >= 0.6 is 45.2 Å². The van der Waals surface area contributed by atoms with Gasteiger partial charge in [0, 0.05) is 6.42 Å². The van der Waals surface area contributed by atoms with Gasteiger partial charge in [0.2, 0.25) is 0 Å². The molecule has 0 fully saturated rings. The van der Waals surface area contributed by atoms with E-state index >= 15 is 0 Å². The molecule has 0 aliphatic carbocycles. The molecule has 0 unspecified atom stereocenters. The lowest BCUT2D eigenvalue weighted by Gasteiger charge is -1.93. The molecule has 0 amide bonds. The van der Waals surface area contributed by atoms with Crippen LogP contribution in [0.25, 0.3) is 0 Å². The van der Waals surface area contributed by atoms with Crippen molar-refractivity contribution in [1.29, 1.82) is 0 Å². The Hall–Kier alpha value is 0.0100. The third-order valence-electron chi connectivity index (χ3n) is 0.912. The third kappa shape index (κ3) is 23.7. The molecule has 0 heterocycles.